The Morgan fingerprint density at radius 1 is 1.38 bits per heavy atom. The summed E-state index contributed by atoms with van der Waals surface area (Å²) in [5.41, 5.74) is 4.43. The van der Waals surface area contributed by atoms with Crippen LogP contribution in [0.1, 0.15) is 19.8 Å². The van der Waals surface area contributed by atoms with Gasteiger partial charge in [-0.1, -0.05) is 6.92 Å². The number of nitrogens with two attached hydrogens (primary N) is 1. The molecule has 0 spiro atoms. The van der Waals surface area contributed by atoms with Gasteiger partial charge in [-0.3, -0.25) is 4.79 Å². The minimum Gasteiger partial charge on any atom is -0.481 e. The second-order valence-corrected chi connectivity index (χ2v) is 1.67. The molecule has 6 nitrogen and oxygen atoms in total. The van der Waals surface area contributed by atoms with Crippen molar-refractivity contribution >= 4 is 12.1 Å². The van der Waals surface area contributed by atoms with Crippen molar-refractivity contribution in [2.24, 2.45) is 5.73 Å². The van der Waals surface area contributed by atoms with Crippen LogP contribution in [0.4, 0.5) is 4.79 Å². The standard InChI is InChI=1S/C4H8O2.C2H5NO2.CH4O/c1-2-3-4(5)6;1-5-2(3)4;1-2/h2-3H2,1H3,(H,5,6);1H3,(H2,3,4);2H,1H3. The number of methoxy groups -OCH3 is 1. The first-order valence-electron chi connectivity index (χ1n) is 3.54. The number of aliphatic hydroxyl groups excluding tert-OH is 1. The number of aliphatic carboxylic acids is 1. The number of aliphatic hydroxyl groups is 1. The Morgan fingerprint density at radius 3 is 1.69 bits per heavy atom. The first-order chi connectivity index (χ1) is 6.04. The van der Waals surface area contributed by atoms with Gasteiger partial charge >= 0.3 is 12.1 Å². The molecule has 0 aliphatic carbocycles. The first kappa shape index (κ1) is 17.7. The predicted octanol–water partition coefficient (Wildman–Crippen LogP) is 0.191. The molecule has 0 unspecified atom stereocenters. The Morgan fingerprint density at radius 2 is 1.69 bits per heavy atom. The summed E-state index contributed by atoms with van der Waals surface area (Å²) in [6.07, 6.45) is 0.278. The molecule has 13 heavy (non-hydrogen) atoms. The van der Waals surface area contributed by atoms with Crippen LogP contribution in [-0.4, -0.2) is 36.5 Å². The van der Waals surface area contributed by atoms with Crippen molar-refractivity contribution in [3.05, 3.63) is 0 Å². The SMILES string of the molecule is CCCC(=O)O.CO.COC(N)=O. The summed E-state index contributed by atoms with van der Waals surface area (Å²) in [4.78, 5) is 19.0. The van der Waals surface area contributed by atoms with E-state index in [0.29, 0.717) is 6.42 Å². The summed E-state index contributed by atoms with van der Waals surface area (Å²) in [6, 6.07) is 0. The van der Waals surface area contributed by atoms with E-state index in [0.717, 1.165) is 13.5 Å². The Balaban J connectivity index is -0.000000131. The Kier molecular flexibility index (Phi) is 23.1. The zero-order valence-electron chi connectivity index (χ0n) is 8.11. The summed E-state index contributed by atoms with van der Waals surface area (Å²) in [5.74, 6) is -0.711. The van der Waals surface area contributed by atoms with E-state index in [4.69, 9.17) is 10.2 Å². The van der Waals surface area contributed by atoms with E-state index >= 15 is 0 Å². The zero-order valence-corrected chi connectivity index (χ0v) is 8.11. The minimum absolute atomic E-state index is 0.292. The van der Waals surface area contributed by atoms with Gasteiger partial charge in [-0.25, -0.2) is 4.79 Å². The largest absolute Gasteiger partial charge is 0.481 e. The van der Waals surface area contributed by atoms with Crippen molar-refractivity contribution in [3.63, 3.8) is 0 Å². The number of carboxylic acids is 1. The van der Waals surface area contributed by atoms with Crippen molar-refractivity contribution in [2.75, 3.05) is 14.2 Å². The molecule has 0 fully saturated rings. The quantitative estimate of drug-likeness (QED) is 0.582. The Labute approximate surface area is 77.3 Å². The van der Waals surface area contributed by atoms with E-state index in [1.807, 2.05) is 6.92 Å². The van der Waals surface area contributed by atoms with Gasteiger partial charge < -0.3 is 20.7 Å². The maximum Gasteiger partial charge on any atom is 0.404 e. The maximum absolute atomic E-state index is 9.60. The molecule has 0 rings (SSSR count). The topological polar surface area (TPSA) is 110 Å². The first-order valence-corrected chi connectivity index (χ1v) is 3.54. The third-order valence-corrected chi connectivity index (χ3v) is 0.665. The van der Waals surface area contributed by atoms with Crippen LogP contribution in [0.2, 0.25) is 0 Å². The van der Waals surface area contributed by atoms with Gasteiger partial charge in [0.2, 0.25) is 0 Å². The number of hydrogen-bond donors (Lipinski definition) is 3. The molecule has 80 valence electrons. The molecule has 0 saturated carbocycles. The van der Waals surface area contributed by atoms with Crippen molar-refractivity contribution < 1.29 is 24.5 Å². The van der Waals surface area contributed by atoms with Gasteiger partial charge in [-0.05, 0) is 6.42 Å². The van der Waals surface area contributed by atoms with Crippen LogP contribution in [0, 0.1) is 0 Å². The molecule has 0 aliphatic heterocycles. The molecule has 0 atom stereocenters. The van der Waals surface area contributed by atoms with Crippen LogP contribution in [-0.2, 0) is 9.53 Å². The highest BCUT2D eigenvalue weighted by atomic mass is 16.5. The molecule has 4 N–H and O–H groups in total. The lowest BCUT2D eigenvalue weighted by Gasteiger charge is -1.81. The van der Waals surface area contributed by atoms with Gasteiger partial charge in [0.05, 0.1) is 7.11 Å². The normalized spacial score (nSPS) is 6.77. The second-order valence-electron chi connectivity index (χ2n) is 1.67. The van der Waals surface area contributed by atoms with Crippen LogP contribution in [0.5, 0.6) is 0 Å². The fourth-order valence-electron chi connectivity index (χ4n) is 0.214. The summed E-state index contributed by atoms with van der Waals surface area (Å²) >= 11 is 0. The molecule has 0 heterocycles. The number of carboxylic acid groups (broad SMARTS) is 1. The van der Waals surface area contributed by atoms with Crippen molar-refractivity contribution in [1.29, 1.82) is 0 Å². The summed E-state index contributed by atoms with van der Waals surface area (Å²) in [7, 11) is 2.22. The van der Waals surface area contributed by atoms with Gasteiger partial charge in [-0.15, -0.1) is 0 Å². The smallest absolute Gasteiger partial charge is 0.404 e. The van der Waals surface area contributed by atoms with Crippen LogP contribution in [0.3, 0.4) is 0 Å². The maximum atomic E-state index is 9.60. The average Bonchev–Trinajstić information content (AvgIpc) is 2.09. The predicted molar refractivity (Wildman–Crippen MR) is 47.3 cm³/mol. The molecule has 6 heteroatoms. The van der Waals surface area contributed by atoms with Crippen LogP contribution >= 0.6 is 0 Å². The molecule has 0 aromatic rings. The lowest BCUT2D eigenvalue weighted by Crippen LogP contribution is -2.08. The summed E-state index contributed by atoms with van der Waals surface area (Å²) in [6.45, 7) is 1.84. The van der Waals surface area contributed by atoms with E-state index in [2.05, 4.69) is 10.5 Å². The van der Waals surface area contributed by atoms with E-state index in [9.17, 15) is 9.59 Å². The Hall–Kier alpha value is -1.30. The molecule has 0 bridgehead atoms. The molecule has 1 amide bonds. The highest BCUT2D eigenvalue weighted by molar-refractivity contribution is 5.66. The number of hydrogen-bond acceptors (Lipinski definition) is 4. The molecule has 0 saturated heterocycles. The number of ether oxygens (including phenoxy) is 1. The van der Waals surface area contributed by atoms with Crippen molar-refractivity contribution in [2.45, 2.75) is 19.8 Å². The van der Waals surface area contributed by atoms with Crippen LogP contribution in [0.25, 0.3) is 0 Å². The molecular formula is C7H17NO5. The van der Waals surface area contributed by atoms with Gasteiger partial charge in [0.15, 0.2) is 0 Å². The summed E-state index contributed by atoms with van der Waals surface area (Å²) in [5, 5.41) is 14.9. The van der Waals surface area contributed by atoms with Gasteiger partial charge in [0.25, 0.3) is 0 Å². The highest BCUT2D eigenvalue weighted by Crippen LogP contribution is 1.82. The number of primary amides is 1. The van der Waals surface area contributed by atoms with Gasteiger partial charge in [0, 0.05) is 13.5 Å². The number of carbonyl (C=O) groups is 2. The lowest BCUT2D eigenvalue weighted by molar-refractivity contribution is -0.137. The number of rotatable bonds is 2. The average molecular weight is 195 g/mol. The molecule has 0 aromatic carbocycles. The van der Waals surface area contributed by atoms with E-state index in [1.54, 1.807) is 0 Å². The van der Waals surface area contributed by atoms with E-state index in [1.165, 1.54) is 7.11 Å². The number of amides is 1. The lowest BCUT2D eigenvalue weighted by atomic mass is 10.4. The molecule has 0 aliphatic rings. The third-order valence-electron chi connectivity index (χ3n) is 0.665. The van der Waals surface area contributed by atoms with E-state index < -0.39 is 12.1 Å². The van der Waals surface area contributed by atoms with Gasteiger partial charge in [0.1, 0.15) is 0 Å². The van der Waals surface area contributed by atoms with Crippen molar-refractivity contribution in [1.82, 2.24) is 0 Å². The van der Waals surface area contributed by atoms with Crippen LogP contribution < -0.4 is 5.73 Å². The van der Waals surface area contributed by atoms with Gasteiger partial charge in [-0.2, -0.15) is 0 Å². The second kappa shape index (κ2) is 17.0. The van der Waals surface area contributed by atoms with E-state index in [-0.39, 0.29) is 0 Å². The number of carbonyl (C=O) groups excluding carboxylic acids is 1. The van der Waals surface area contributed by atoms with Crippen LogP contribution in [0.15, 0.2) is 0 Å². The fourth-order valence-corrected chi connectivity index (χ4v) is 0.214. The minimum atomic E-state index is -0.745. The fraction of sp³-hybridized carbons (Fsp3) is 0.714. The Bertz CT molecular complexity index is 126. The molecule has 0 aromatic heterocycles. The molecule has 0 radical (unpaired) electrons. The van der Waals surface area contributed by atoms with Crippen molar-refractivity contribution in [3.8, 4) is 0 Å². The molecular weight excluding hydrogens is 178 g/mol. The third kappa shape index (κ3) is 59.2. The summed E-state index contributed by atoms with van der Waals surface area (Å²) < 4.78 is 3.89. The zero-order chi connectivity index (χ0) is 11.3. The monoisotopic (exact) mass is 195 g/mol. The highest BCUT2D eigenvalue weighted by Gasteiger charge is 1.87.